The van der Waals surface area contributed by atoms with E-state index in [2.05, 4.69) is 21.0 Å². The van der Waals surface area contributed by atoms with E-state index in [1.165, 1.54) is 43.5 Å². The van der Waals surface area contributed by atoms with Crippen LogP contribution in [0, 0.1) is 0 Å². The van der Waals surface area contributed by atoms with E-state index in [0.717, 1.165) is 6.08 Å². The number of carbonyl (C=O) groups excluding carboxylic acids is 2. The summed E-state index contributed by atoms with van der Waals surface area (Å²) in [7, 11) is 1.28. The number of esters is 1. The number of anilines is 1. The van der Waals surface area contributed by atoms with E-state index in [4.69, 9.17) is 9.47 Å². The Morgan fingerprint density at radius 2 is 1.91 bits per heavy atom. The van der Waals surface area contributed by atoms with Crippen molar-refractivity contribution in [1.29, 1.82) is 0 Å². The number of hydrazone groups is 1. The molecule has 1 aliphatic rings. The fourth-order valence-corrected chi connectivity index (χ4v) is 3.34. The maximum absolute atomic E-state index is 13.6. The Morgan fingerprint density at radius 3 is 2.47 bits per heavy atom. The number of ether oxygens (including phenoxy) is 2. The molecule has 0 fully saturated rings. The van der Waals surface area contributed by atoms with Gasteiger partial charge in [0.25, 0.3) is 5.91 Å². The third-order valence-corrected chi connectivity index (χ3v) is 4.96. The van der Waals surface area contributed by atoms with Crippen molar-refractivity contribution in [2.45, 2.75) is 13.1 Å². The molecule has 32 heavy (non-hydrogen) atoms. The molecule has 2 aromatic carbocycles. The summed E-state index contributed by atoms with van der Waals surface area (Å²) in [4.78, 5) is 24.6. The van der Waals surface area contributed by atoms with Crippen molar-refractivity contribution < 1.29 is 37.3 Å². The van der Waals surface area contributed by atoms with Crippen LogP contribution in [0.5, 0.6) is 11.5 Å². The number of phenolic OH excluding ortho intramolecular Hbond substituents is 1. The van der Waals surface area contributed by atoms with Gasteiger partial charge in [-0.25, -0.2) is 4.79 Å². The summed E-state index contributed by atoms with van der Waals surface area (Å²) in [5.41, 5.74) is -1.67. The molecule has 11 heteroatoms. The van der Waals surface area contributed by atoms with Crippen molar-refractivity contribution in [2.24, 2.45) is 5.10 Å². The van der Waals surface area contributed by atoms with E-state index in [-0.39, 0.29) is 39.4 Å². The molecule has 0 saturated heterocycles. The molecule has 168 valence electrons. The number of carbonyl (C=O) groups is 2. The maximum atomic E-state index is 13.6. The number of hydrogen-bond acceptors (Lipinski definition) is 6. The number of rotatable bonds is 5. The number of amides is 1. The molecular weight excluding hydrogens is 497 g/mol. The molecule has 1 aliphatic heterocycles. The van der Waals surface area contributed by atoms with Gasteiger partial charge in [0.1, 0.15) is 0 Å². The molecule has 0 bridgehead atoms. The highest BCUT2D eigenvalue weighted by molar-refractivity contribution is 9.10. The largest absolute Gasteiger partial charge is 0.503 e. The lowest BCUT2D eigenvalue weighted by Crippen LogP contribution is -2.25. The fraction of sp³-hybridized carbons (Fsp3) is 0.190. The van der Waals surface area contributed by atoms with E-state index in [0.29, 0.717) is 5.01 Å². The minimum Gasteiger partial charge on any atom is -0.503 e. The van der Waals surface area contributed by atoms with Gasteiger partial charge in [-0.3, -0.25) is 4.79 Å². The van der Waals surface area contributed by atoms with Crippen molar-refractivity contribution in [3.8, 4) is 11.5 Å². The van der Waals surface area contributed by atoms with Crippen LogP contribution in [0.15, 0.2) is 51.5 Å². The van der Waals surface area contributed by atoms with Gasteiger partial charge in [0.2, 0.25) is 0 Å². The highest BCUT2D eigenvalue weighted by Crippen LogP contribution is 2.37. The lowest BCUT2D eigenvalue weighted by Gasteiger charge is -2.12. The molecule has 1 heterocycles. The Hall–Kier alpha value is -3.34. The first kappa shape index (κ1) is 23.3. The highest BCUT2D eigenvalue weighted by atomic mass is 79.9. The Labute approximate surface area is 188 Å². The molecule has 3 rings (SSSR count). The Balaban J connectivity index is 2.02. The molecule has 0 spiro atoms. The predicted molar refractivity (Wildman–Crippen MR) is 114 cm³/mol. The zero-order valence-electron chi connectivity index (χ0n) is 16.7. The van der Waals surface area contributed by atoms with Crippen LogP contribution in [-0.2, 0) is 9.53 Å². The first-order valence-electron chi connectivity index (χ1n) is 9.12. The van der Waals surface area contributed by atoms with Crippen LogP contribution in [0.4, 0.5) is 18.9 Å². The summed E-state index contributed by atoms with van der Waals surface area (Å²) in [6.45, 7) is 1.80. The van der Waals surface area contributed by atoms with Gasteiger partial charge in [0, 0.05) is 0 Å². The summed E-state index contributed by atoms with van der Waals surface area (Å²) in [5, 5.41) is 14.0. The summed E-state index contributed by atoms with van der Waals surface area (Å²) in [6.07, 6.45) is -3.90. The number of phenols is 1. The molecule has 0 unspecified atom stereocenters. The van der Waals surface area contributed by atoms with Crippen LogP contribution < -0.4 is 9.75 Å². The maximum Gasteiger partial charge on any atom is 0.435 e. The van der Waals surface area contributed by atoms with Gasteiger partial charge in [0.05, 0.1) is 35.0 Å². The van der Waals surface area contributed by atoms with Crippen LogP contribution in [0.25, 0.3) is 6.08 Å². The number of benzene rings is 2. The van der Waals surface area contributed by atoms with Crippen molar-refractivity contribution in [3.05, 3.63) is 57.6 Å². The number of halogens is 4. The second-order valence-electron chi connectivity index (χ2n) is 6.44. The summed E-state index contributed by atoms with van der Waals surface area (Å²) >= 11 is 3.09. The normalized spacial score (nSPS) is 15.2. The summed E-state index contributed by atoms with van der Waals surface area (Å²) in [6, 6.07) is 7.86. The zero-order chi connectivity index (χ0) is 23.6. The van der Waals surface area contributed by atoms with Crippen LogP contribution in [0.3, 0.4) is 0 Å². The molecule has 0 saturated carbocycles. The van der Waals surface area contributed by atoms with Gasteiger partial charge in [-0.1, -0.05) is 0 Å². The smallest absolute Gasteiger partial charge is 0.435 e. The molecule has 0 radical (unpaired) electrons. The molecule has 1 amide bonds. The van der Waals surface area contributed by atoms with E-state index in [9.17, 15) is 27.9 Å². The molecule has 0 aliphatic carbocycles. The van der Waals surface area contributed by atoms with Crippen LogP contribution in [-0.4, -0.2) is 42.6 Å². The van der Waals surface area contributed by atoms with Crippen LogP contribution >= 0.6 is 15.9 Å². The first-order valence-corrected chi connectivity index (χ1v) is 9.92. The SMILES string of the molecule is CCOC(=O)c1ccc(N2N=C(C(F)(F)F)/C(=C\c3cc(Br)c(O)c(OC)c3)C2=O)cc1. The van der Waals surface area contributed by atoms with Gasteiger partial charge in [-0.15, -0.1) is 0 Å². The lowest BCUT2D eigenvalue weighted by atomic mass is 10.1. The van der Waals surface area contributed by atoms with Crippen molar-refractivity contribution in [2.75, 3.05) is 18.7 Å². The number of aromatic hydroxyl groups is 1. The van der Waals surface area contributed by atoms with Gasteiger partial charge in [-0.05, 0) is 70.9 Å². The monoisotopic (exact) mass is 512 g/mol. The Bertz CT molecular complexity index is 1130. The van der Waals surface area contributed by atoms with Crippen molar-refractivity contribution >= 4 is 45.3 Å². The van der Waals surface area contributed by atoms with Crippen molar-refractivity contribution in [1.82, 2.24) is 0 Å². The topological polar surface area (TPSA) is 88.4 Å². The fourth-order valence-electron chi connectivity index (χ4n) is 2.88. The standard InChI is InChI=1S/C21H16BrF3N2O5/c1-3-32-20(30)12-4-6-13(7-5-12)27-19(29)14(18(26-27)21(23,24)25)8-11-9-15(22)17(28)16(10-11)31-2/h4-10,28H,3H2,1-2H3/b14-8+. The minimum absolute atomic E-state index is 0.00794. The van der Waals surface area contributed by atoms with E-state index < -0.39 is 29.3 Å². The molecule has 1 N–H and O–H groups in total. The number of hydrogen-bond donors (Lipinski definition) is 1. The number of nitrogens with zero attached hydrogens (tertiary/aromatic N) is 2. The number of alkyl halides is 3. The third-order valence-electron chi connectivity index (χ3n) is 4.35. The quantitative estimate of drug-likeness (QED) is 0.463. The minimum atomic E-state index is -4.90. The van der Waals surface area contributed by atoms with Gasteiger partial charge in [-0.2, -0.15) is 23.3 Å². The summed E-state index contributed by atoms with van der Waals surface area (Å²) < 4.78 is 50.9. The second kappa shape index (κ2) is 9.03. The Morgan fingerprint density at radius 1 is 1.25 bits per heavy atom. The Kier molecular flexibility index (Phi) is 6.58. The van der Waals surface area contributed by atoms with Gasteiger partial charge in [0.15, 0.2) is 17.2 Å². The summed E-state index contributed by atoms with van der Waals surface area (Å²) in [5.74, 6) is -1.84. The zero-order valence-corrected chi connectivity index (χ0v) is 18.3. The highest BCUT2D eigenvalue weighted by Gasteiger charge is 2.46. The molecule has 0 atom stereocenters. The van der Waals surface area contributed by atoms with E-state index in [1.54, 1.807) is 6.92 Å². The van der Waals surface area contributed by atoms with E-state index >= 15 is 0 Å². The molecule has 2 aromatic rings. The van der Waals surface area contributed by atoms with E-state index in [1.807, 2.05) is 0 Å². The second-order valence-corrected chi connectivity index (χ2v) is 7.30. The average Bonchev–Trinajstić information content (AvgIpc) is 3.07. The molecular formula is C21H16BrF3N2O5. The molecule has 0 aromatic heterocycles. The third kappa shape index (κ3) is 4.62. The van der Waals surface area contributed by atoms with Gasteiger partial charge >= 0.3 is 12.1 Å². The average molecular weight is 513 g/mol. The molecule has 7 nitrogen and oxygen atoms in total. The lowest BCUT2D eigenvalue weighted by molar-refractivity contribution is -0.114. The predicted octanol–water partition coefficient (Wildman–Crippen LogP) is 4.69. The number of methoxy groups -OCH3 is 1. The first-order chi connectivity index (χ1) is 15.1. The van der Waals surface area contributed by atoms with Crippen LogP contribution in [0.1, 0.15) is 22.8 Å². The van der Waals surface area contributed by atoms with Crippen molar-refractivity contribution in [3.63, 3.8) is 0 Å². The van der Waals surface area contributed by atoms with Crippen LogP contribution in [0.2, 0.25) is 0 Å². The van der Waals surface area contributed by atoms with Gasteiger partial charge < -0.3 is 14.6 Å².